The van der Waals surface area contributed by atoms with E-state index in [0.29, 0.717) is 35.8 Å². The quantitative estimate of drug-likeness (QED) is 0.734. The molecule has 1 aromatic heterocycles. The van der Waals surface area contributed by atoms with Crippen molar-refractivity contribution in [2.75, 3.05) is 22.8 Å². The van der Waals surface area contributed by atoms with Crippen LogP contribution >= 0.6 is 0 Å². The van der Waals surface area contributed by atoms with Gasteiger partial charge < -0.3 is 9.64 Å². The first-order chi connectivity index (χ1) is 13.5. The molecule has 1 aliphatic rings. The lowest BCUT2D eigenvalue weighted by molar-refractivity contribution is 0.0976. The monoisotopic (exact) mass is 395 g/mol. The standard InChI is InChI=1S/C20H17N3O4S/c24-20(23-13-14-27-19-4-2-1-3-18(19)23)15-5-7-17(8-6-15)28(25,26)22-16-9-11-21-12-10-16/h1-12H,13-14H2,(H,21,22). The van der Waals surface area contributed by atoms with Crippen molar-refractivity contribution >= 4 is 27.3 Å². The van der Waals surface area contributed by atoms with Gasteiger partial charge in [-0.05, 0) is 48.5 Å². The van der Waals surface area contributed by atoms with E-state index in [-0.39, 0.29) is 10.8 Å². The summed E-state index contributed by atoms with van der Waals surface area (Å²) in [6.45, 7) is 0.838. The van der Waals surface area contributed by atoms with Crippen molar-refractivity contribution in [1.82, 2.24) is 4.98 Å². The third-order valence-electron chi connectivity index (χ3n) is 4.32. The maximum absolute atomic E-state index is 12.9. The fourth-order valence-electron chi connectivity index (χ4n) is 2.95. The van der Waals surface area contributed by atoms with Crippen LogP contribution in [-0.2, 0) is 10.0 Å². The highest BCUT2D eigenvalue weighted by Crippen LogP contribution is 2.32. The highest BCUT2D eigenvalue weighted by Gasteiger charge is 2.25. The number of ether oxygens (including phenoxy) is 1. The van der Waals surface area contributed by atoms with Crippen LogP contribution in [0.1, 0.15) is 10.4 Å². The van der Waals surface area contributed by atoms with Gasteiger partial charge in [-0.15, -0.1) is 0 Å². The van der Waals surface area contributed by atoms with Crippen molar-refractivity contribution < 1.29 is 17.9 Å². The van der Waals surface area contributed by atoms with Crippen LogP contribution in [0, 0.1) is 0 Å². The van der Waals surface area contributed by atoms with Gasteiger partial charge in [-0.2, -0.15) is 0 Å². The Bertz CT molecular complexity index is 1100. The average molecular weight is 395 g/mol. The molecule has 4 rings (SSSR count). The molecule has 0 saturated heterocycles. The number of aromatic nitrogens is 1. The van der Waals surface area contributed by atoms with Crippen LogP contribution in [0.15, 0.2) is 78.0 Å². The van der Waals surface area contributed by atoms with Gasteiger partial charge in [0.2, 0.25) is 0 Å². The van der Waals surface area contributed by atoms with Crippen LogP contribution in [0.5, 0.6) is 5.75 Å². The molecule has 0 atom stereocenters. The molecule has 7 nitrogen and oxygen atoms in total. The molecule has 1 N–H and O–H groups in total. The molecular weight excluding hydrogens is 378 g/mol. The van der Waals surface area contributed by atoms with Crippen LogP contribution in [-0.4, -0.2) is 32.5 Å². The smallest absolute Gasteiger partial charge is 0.261 e. The van der Waals surface area contributed by atoms with Gasteiger partial charge in [-0.3, -0.25) is 14.5 Å². The largest absolute Gasteiger partial charge is 0.490 e. The maximum atomic E-state index is 12.9. The van der Waals surface area contributed by atoms with Crippen molar-refractivity contribution in [2.24, 2.45) is 0 Å². The number of amides is 1. The van der Waals surface area contributed by atoms with Crippen molar-refractivity contribution in [2.45, 2.75) is 4.90 Å². The number of nitrogens with zero attached hydrogens (tertiary/aromatic N) is 2. The lowest BCUT2D eigenvalue weighted by atomic mass is 10.1. The zero-order valence-electron chi connectivity index (χ0n) is 14.8. The first-order valence-corrected chi connectivity index (χ1v) is 10.1. The first-order valence-electron chi connectivity index (χ1n) is 8.61. The van der Waals surface area contributed by atoms with Crippen LogP contribution in [0.2, 0.25) is 0 Å². The molecule has 0 bridgehead atoms. The molecular formula is C20H17N3O4S. The molecule has 3 aromatic rings. The summed E-state index contributed by atoms with van der Waals surface area (Å²) in [6.07, 6.45) is 3.00. The fourth-order valence-corrected chi connectivity index (χ4v) is 4.01. The van der Waals surface area contributed by atoms with Gasteiger partial charge in [0.05, 0.1) is 22.8 Å². The summed E-state index contributed by atoms with van der Waals surface area (Å²) in [7, 11) is -3.75. The SMILES string of the molecule is O=C(c1ccc(S(=O)(=O)Nc2ccncc2)cc1)N1CCOc2ccccc21. The fraction of sp³-hybridized carbons (Fsp3) is 0.100. The van der Waals surface area contributed by atoms with Gasteiger partial charge in [0.15, 0.2) is 0 Å². The van der Waals surface area contributed by atoms with Crippen molar-refractivity contribution in [3.8, 4) is 5.75 Å². The summed E-state index contributed by atoms with van der Waals surface area (Å²) in [6, 6.07) is 16.3. The number of hydrogen-bond donors (Lipinski definition) is 1. The molecule has 1 aliphatic heterocycles. The average Bonchev–Trinajstić information content (AvgIpc) is 2.73. The number of carbonyl (C=O) groups excluding carboxylic acids is 1. The lowest BCUT2D eigenvalue weighted by Crippen LogP contribution is -2.37. The molecule has 8 heteroatoms. The van der Waals surface area contributed by atoms with Crippen molar-refractivity contribution in [3.63, 3.8) is 0 Å². The molecule has 0 unspecified atom stereocenters. The van der Waals surface area contributed by atoms with E-state index in [4.69, 9.17) is 4.74 Å². The third-order valence-corrected chi connectivity index (χ3v) is 5.71. The molecule has 142 valence electrons. The molecule has 0 aliphatic carbocycles. The third kappa shape index (κ3) is 3.54. The number of anilines is 2. The summed E-state index contributed by atoms with van der Waals surface area (Å²) in [5.74, 6) is 0.449. The summed E-state index contributed by atoms with van der Waals surface area (Å²) in [5, 5.41) is 0. The summed E-state index contributed by atoms with van der Waals surface area (Å²) >= 11 is 0. The molecule has 0 radical (unpaired) electrons. The highest BCUT2D eigenvalue weighted by molar-refractivity contribution is 7.92. The van der Waals surface area contributed by atoms with Gasteiger partial charge >= 0.3 is 0 Å². The second-order valence-corrected chi connectivity index (χ2v) is 7.82. The van der Waals surface area contributed by atoms with Crippen LogP contribution in [0.25, 0.3) is 0 Å². The number of pyridine rings is 1. The Balaban J connectivity index is 1.56. The molecule has 0 spiro atoms. The van der Waals surface area contributed by atoms with Gasteiger partial charge in [0.1, 0.15) is 12.4 Å². The zero-order valence-corrected chi connectivity index (χ0v) is 15.6. The molecule has 2 aromatic carbocycles. The topological polar surface area (TPSA) is 88.6 Å². The second-order valence-electron chi connectivity index (χ2n) is 6.14. The van der Waals surface area contributed by atoms with E-state index in [1.165, 1.54) is 36.7 Å². The Morgan fingerprint density at radius 2 is 1.71 bits per heavy atom. The van der Waals surface area contributed by atoms with Crippen LogP contribution in [0.3, 0.4) is 0 Å². The highest BCUT2D eigenvalue weighted by atomic mass is 32.2. The van der Waals surface area contributed by atoms with Gasteiger partial charge in [0, 0.05) is 18.0 Å². The molecule has 2 heterocycles. The van der Waals surface area contributed by atoms with Gasteiger partial charge in [0.25, 0.3) is 15.9 Å². The Labute approximate surface area is 162 Å². The number of fused-ring (bicyclic) bond motifs is 1. The number of hydrogen-bond acceptors (Lipinski definition) is 5. The Hall–Kier alpha value is -3.39. The normalized spacial score (nSPS) is 13.4. The molecule has 0 saturated carbocycles. The van der Waals surface area contributed by atoms with Crippen molar-refractivity contribution in [1.29, 1.82) is 0 Å². The number of carbonyl (C=O) groups is 1. The minimum Gasteiger partial charge on any atom is -0.490 e. The zero-order chi connectivity index (χ0) is 19.6. The number of para-hydroxylation sites is 2. The number of nitrogens with one attached hydrogen (secondary N) is 1. The summed E-state index contributed by atoms with van der Waals surface area (Å²) < 4.78 is 33.1. The van der Waals surface area contributed by atoms with Gasteiger partial charge in [-0.1, -0.05) is 12.1 Å². The molecule has 28 heavy (non-hydrogen) atoms. The van der Waals surface area contributed by atoms with E-state index in [2.05, 4.69) is 9.71 Å². The van der Waals surface area contributed by atoms with E-state index < -0.39 is 10.0 Å². The predicted octanol–water partition coefficient (Wildman–Crippen LogP) is 2.92. The molecule has 1 amide bonds. The van der Waals surface area contributed by atoms with E-state index in [1.807, 2.05) is 24.3 Å². The minimum absolute atomic E-state index is 0.0724. The van der Waals surface area contributed by atoms with E-state index >= 15 is 0 Å². The van der Waals surface area contributed by atoms with Gasteiger partial charge in [-0.25, -0.2) is 8.42 Å². The van der Waals surface area contributed by atoms with E-state index in [9.17, 15) is 13.2 Å². The van der Waals surface area contributed by atoms with E-state index in [0.717, 1.165) is 0 Å². The number of rotatable bonds is 4. The molecule has 0 fully saturated rings. The number of sulfonamides is 1. The number of benzene rings is 2. The summed E-state index contributed by atoms with van der Waals surface area (Å²) in [4.78, 5) is 18.5. The van der Waals surface area contributed by atoms with Crippen LogP contribution in [0.4, 0.5) is 11.4 Å². The van der Waals surface area contributed by atoms with E-state index in [1.54, 1.807) is 17.0 Å². The summed E-state index contributed by atoms with van der Waals surface area (Å²) in [5.41, 5.74) is 1.52. The Morgan fingerprint density at radius 1 is 1.00 bits per heavy atom. The lowest BCUT2D eigenvalue weighted by Gasteiger charge is -2.29. The predicted molar refractivity (Wildman–Crippen MR) is 105 cm³/mol. The Morgan fingerprint density at radius 3 is 2.46 bits per heavy atom. The first kappa shape index (κ1) is 18.0. The minimum atomic E-state index is -3.75. The second kappa shape index (κ2) is 7.32. The Kier molecular flexibility index (Phi) is 4.70. The van der Waals surface area contributed by atoms with Crippen LogP contribution < -0.4 is 14.4 Å². The maximum Gasteiger partial charge on any atom is 0.261 e. The van der Waals surface area contributed by atoms with Crippen molar-refractivity contribution in [3.05, 3.63) is 78.6 Å².